The van der Waals surface area contributed by atoms with E-state index in [1.165, 1.54) is 32.3 Å². The van der Waals surface area contributed by atoms with Crippen molar-refractivity contribution >= 4 is 83.4 Å². The summed E-state index contributed by atoms with van der Waals surface area (Å²) in [6, 6.07) is 8.51. The molecule has 2 amide bonds. The molecule has 402 valence electrons. The number of rotatable bonds is 24. The van der Waals surface area contributed by atoms with Gasteiger partial charge in [0.25, 0.3) is 5.91 Å². The van der Waals surface area contributed by atoms with Gasteiger partial charge in [0, 0.05) is 88.9 Å². The van der Waals surface area contributed by atoms with Crippen LogP contribution < -0.4 is 37.3 Å². The molecule has 0 fully saturated rings. The van der Waals surface area contributed by atoms with Gasteiger partial charge < -0.3 is 55.7 Å². The maximum absolute atomic E-state index is 13.4. The third-order valence-electron chi connectivity index (χ3n) is 10.1. The summed E-state index contributed by atoms with van der Waals surface area (Å²) in [5, 5.41) is 10.5. The zero-order valence-corrected chi connectivity index (χ0v) is 44.5. The van der Waals surface area contributed by atoms with Crippen LogP contribution in [0.3, 0.4) is 0 Å². The van der Waals surface area contributed by atoms with Crippen LogP contribution in [0, 0.1) is 6.92 Å². The lowest BCUT2D eigenvalue weighted by atomic mass is 10.2. The van der Waals surface area contributed by atoms with E-state index in [0.717, 1.165) is 55.2 Å². The number of ether oxygens (including phenoxy) is 2. The molecule has 23 heteroatoms. The summed E-state index contributed by atoms with van der Waals surface area (Å²) in [4.78, 5) is 94.5. The van der Waals surface area contributed by atoms with Crippen LogP contribution in [0.5, 0.6) is 11.5 Å². The second kappa shape index (κ2) is 35.1. The highest BCUT2D eigenvalue weighted by Gasteiger charge is 2.21. The number of nitrogens with one attached hydrogen (secondary N) is 2. The van der Waals surface area contributed by atoms with Crippen molar-refractivity contribution in [2.75, 3.05) is 86.3 Å². The average Bonchev–Trinajstić information content (AvgIpc) is 4.10. The summed E-state index contributed by atoms with van der Waals surface area (Å²) in [7, 11) is 11.9. The SMILES string of the molecule is CCN=C/C(C=O)=C(/C)N.CCn1nc(C)cc1C(=O)Nc1nc2cc(C=O)cc(OC)c2n1C/C=C/Cn1c(NC)nc2cc(C=O)cc(OCCCN(C)C)c21.CN.CN.CN(CCC=O)C(=O)/C=C\C=O. The summed E-state index contributed by atoms with van der Waals surface area (Å²) >= 11 is 0. The maximum atomic E-state index is 13.4. The molecule has 0 saturated heterocycles. The van der Waals surface area contributed by atoms with Crippen LogP contribution in [0.15, 0.2) is 70.9 Å². The molecule has 0 aliphatic rings. The standard InChI is InChI=1S/C34H41N9O5.C8H11NO3.C7H12N2O.2CH5N/c1-7-43-27(15-22(2)39-43)32(46)38-34-37-25-16-23(20-44)18-28(47-6)30(25)42(34)13-9-8-12-41-31-26(36-33(41)35-3)17-24(21-45)19-29(31)48-14-10-11-40(4)5;1-9(5-3-7-11)8(12)4-2-6-10;1-3-9-4-7(5-10)6(2)8;2*1-2/h8-9,15-21H,7,10-14H2,1-6H3,(H,35,36)(H,37,38,46);2,4,6-7H,3,5H2,1H3;4-5H,3,8H2,1-2H3;2*2H2,1H3/b9-8+;4-2-;7-6+,9-4?;;. The number of aryl methyl sites for hydroxylation is 2. The highest BCUT2D eigenvalue weighted by Crippen LogP contribution is 2.32. The van der Waals surface area contributed by atoms with Crippen LogP contribution in [-0.4, -0.2) is 164 Å². The number of aliphatic imine (C=N–C) groups is 1. The number of carbonyl (C=O) groups excluding carboxylic acids is 7. The zero-order chi connectivity index (χ0) is 55.8. The Balaban J connectivity index is 0.000000868. The van der Waals surface area contributed by atoms with Crippen molar-refractivity contribution < 1.29 is 43.0 Å². The Bertz CT molecular complexity index is 2730. The molecule has 3 aromatic heterocycles. The first kappa shape index (κ1) is 63.9. The lowest BCUT2D eigenvalue weighted by Crippen LogP contribution is -2.26. The Morgan fingerprint density at radius 3 is 1.92 bits per heavy atom. The predicted octanol–water partition coefficient (Wildman–Crippen LogP) is 3.87. The van der Waals surface area contributed by atoms with E-state index in [1.807, 2.05) is 56.2 Å². The maximum Gasteiger partial charge on any atom is 0.276 e. The number of hydrogen-bond donors (Lipinski definition) is 5. The molecule has 0 bridgehead atoms. The number of aromatic nitrogens is 6. The Hall–Kier alpha value is -8.15. The van der Waals surface area contributed by atoms with Crippen molar-refractivity contribution in [2.45, 2.75) is 60.2 Å². The van der Waals surface area contributed by atoms with Gasteiger partial charge in [0.05, 0.1) is 36.0 Å². The number of likely N-dealkylation sites (N-methyl/N-ethyl adjacent to an activating group) is 1. The van der Waals surface area contributed by atoms with Crippen LogP contribution in [0.1, 0.15) is 70.5 Å². The molecule has 0 spiro atoms. The van der Waals surface area contributed by atoms with Crippen molar-refractivity contribution in [1.29, 1.82) is 0 Å². The number of anilines is 2. The number of carbonyl (C=O) groups is 7. The minimum Gasteiger partial charge on any atom is -0.494 e. The van der Waals surface area contributed by atoms with Crippen LogP contribution in [-0.2, 0) is 38.8 Å². The molecule has 0 saturated carbocycles. The van der Waals surface area contributed by atoms with E-state index in [1.54, 1.807) is 56.0 Å². The number of aldehydes is 5. The molecule has 0 atom stereocenters. The van der Waals surface area contributed by atoms with E-state index in [-0.39, 0.29) is 11.8 Å². The lowest BCUT2D eigenvalue weighted by molar-refractivity contribution is -0.125. The summed E-state index contributed by atoms with van der Waals surface area (Å²) in [6.45, 7) is 11.0. The summed E-state index contributed by atoms with van der Waals surface area (Å²) < 4.78 is 17.3. The number of amides is 2. The quantitative estimate of drug-likeness (QED) is 0.0193. The molecule has 3 heterocycles. The third-order valence-corrected chi connectivity index (χ3v) is 10.1. The minimum atomic E-state index is -0.357. The van der Waals surface area contributed by atoms with Crippen LogP contribution in [0.2, 0.25) is 0 Å². The first-order valence-corrected chi connectivity index (χ1v) is 23.5. The van der Waals surface area contributed by atoms with Gasteiger partial charge in [-0.25, -0.2) is 9.97 Å². The molecule has 0 aliphatic carbocycles. The number of imidazole rings is 2. The molecule has 0 aliphatic heterocycles. The summed E-state index contributed by atoms with van der Waals surface area (Å²) in [5.41, 5.74) is 19.9. The largest absolute Gasteiger partial charge is 0.494 e. The van der Waals surface area contributed by atoms with Gasteiger partial charge in [0.1, 0.15) is 53.4 Å². The average molecular weight is 1030 g/mol. The van der Waals surface area contributed by atoms with Gasteiger partial charge in [-0.2, -0.15) is 5.10 Å². The van der Waals surface area contributed by atoms with E-state index in [2.05, 4.69) is 42.1 Å². The van der Waals surface area contributed by atoms with Gasteiger partial charge in [-0.1, -0.05) is 12.2 Å². The van der Waals surface area contributed by atoms with Gasteiger partial charge in [0.15, 0.2) is 6.29 Å². The van der Waals surface area contributed by atoms with E-state index >= 15 is 0 Å². The fourth-order valence-electron chi connectivity index (χ4n) is 6.62. The van der Waals surface area contributed by atoms with E-state index < -0.39 is 0 Å². The fraction of sp³-hybridized carbons (Fsp3) is 0.392. The molecule has 2 aromatic carbocycles. The third kappa shape index (κ3) is 19.5. The number of methoxy groups -OCH3 is 1. The Morgan fingerprint density at radius 2 is 1.42 bits per heavy atom. The summed E-state index contributed by atoms with van der Waals surface area (Å²) in [6.07, 6.45) is 12.3. The second-order valence-corrected chi connectivity index (χ2v) is 15.6. The number of nitrogens with zero attached hydrogens (tertiary/aromatic N) is 9. The molecule has 5 aromatic rings. The Labute approximate surface area is 432 Å². The Kier molecular flexibility index (Phi) is 30.2. The van der Waals surface area contributed by atoms with E-state index in [0.29, 0.717) is 126 Å². The number of nitrogens with two attached hydrogens (primary N) is 3. The monoisotopic (exact) mass is 1030 g/mol. The minimum absolute atomic E-state index is 0.274. The molecular formula is C51H74N14O9. The lowest BCUT2D eigenvalue weighted by Gasteiger charge is -2.13. The normalized spacial score (nSPS) is 11.1. The molecular weight excluding hydrogens is 953 g/mol. The van der Waals surface area contributed by atoms with Crippen molar-refractivity contribution in [1.82, 2.24) is 38.7 Å². The van der Waals surface area contributed by atoms with Gasteiger partial charge >= 0.3 is 0 Å². The summed E-state index contributed by atoms with van der Waals surface area (Å²) in [5.74, 6) is 1.31. The molecule has 8 N–H and O–H groups in total. The molecule has 74 heavy (non-hydrogen) atoms. The van der Waals surface area contributed by atoms with Gasteiger partial charge in [0.2, 0.25) is 17.8 Å². The molecule has 23 nitrogen and oxygen atoms in total. The smallest absolute Gasteiger partial charge is 0.276 e. The van der Waals surface area contributed by atoms with Crippen LogP contribution in [0.25, 0.3) is 22.1 Å². The first-order valence-electron chi connectivity index (χ1n) is 23.5. The Morgan fingerprint density at radius 1 is 0.838 bits per heavy atom. The van der Waals surface area contributed by atoms with Crippen molar-refractivity contribution in [3.05, 3.63) is 88.4 Å². The predicted molar refractivity (Wildman–Crippen MR) is 290 cm³/mol. The fourth-order valence-corrected chi connectivity index (χ4v) is 6.62. The molecule has 5 rings (SSSR count). The zero-order valence-electron chi connectivity index (χ0n) is 44.5. The highest BCUT2D eigenvalue weighted by atomic mass is 16.5. The topological polar surface area (TPSA) is 312 Å². The van der Waals surface area contributed by atoms with Crippen molar-refractivity contribution in [3.63, 3.8) is 0 Å². The number of allylic oxidation sites excluding steroid dienone is 5. The van der Waals surface area contributed by atoms with Crippen LogP contribution in [0.4, 0.5) is 11.9 Å². The van der Waals surface area contributed by atoms with E-state index in [4.69, 9.17) is 20.2 Å². The first-order chi connectivity index (χ1) is 35.6. The van der Waals surface area contributed by atoms with Gasteiger partial charge in [-0.3, -0.25) is 43.8 Å². The van der Waals surface area contributed by atoms with Crippen molar-refractivity contribution in [2.24, 2.45) is 22.2 Å². The second-order valence-electron chi connectivity index (χ2n) is 15.6. The number of benzene rings is 2. The van der Waals surface area contributed by atoms with Gasteiger partial charge in [-0.05, 0) is 98.7 Å². The molecule has 0 radical (unpaired) electrons. The highest BCUT2D eigenvalue weighted by molar-refractivity contribution is 6.04. The number of fused-ring (bicyclic) bond motifs is 2. The van der Waals surface area contributed by atoms with Crippen molar-refractivity contribution in [3.8, 4) is 11.5 Å². The number of hydrogen-bond acceptors (Lipinski definition) is 18. The van der Waals surface area contributed by atoms with Crippen LogP contribution >= 0.6 is 0 Å². The van der Waals surface area contributed by atoms with E-state index in [9.17, 15) is 33.6 Å². The molecule has 0 unspecified atom stereocenters. The van der Waals surface area contributed by atoms with Gasteiger partial charge in [-0.15, -0.1) is 0 Å².